The average molecular weight is 582 g/mol. The Balaban J connectivity index is 1.48. The molecule has 0 aliphatic carbocycles. The van der Waals surface area contributed by atoms with Crippen molar-refractivity contribution in [3.63, 3.8) is 0 Å². The highest BCUT2D eigenvalue weighted by atomic mass is 32.2. The maximum absolute atomic E-state index is 13.6. The third kappa shape index (κ3) is 6.21. The smallest absolute Gasteiger partial charge is 0.394 e. The molecule has 5 rings (SSSR count). The number of nitrogens with one attached hydrogen (secondary N) is 2. The van der Waals surface area contributed by atoms with E-state index in [9.17, 15) is 21.6 Å². The van der Waals surface area contributed by atoms with Crippen LogP contribution < -0.4 is 15.4 Å². The van der Waals surface area contributed by atoms with Gasteiger partial charge >= 0.3 is 6.18 Å². The third-order valence-corrected chi connectivity index (χ3v) is 8.41. The van der Waals surface area contributed by atoms with Crippen molar-refractivity contribution in [3.05, 3.63) is 77.0 Å². The largest absolute Gasteiger partial charge is 0.495 e. The van der Waals surface area contributed by atoms with Gasteiger partial charge in [-0.3, -0.25) is 0 Å². The van der Waals surface area contributed by atoms with Crippen molar-refractivity contribution in [2.45, 2.75) is 30.5 Å². The minimum absolute atomic E-state index is 0.0990. The van der Waals surface area contributed by atoms with Crippen LogP contribution in [0.1, 0.15) is 22.4 Å². The number of ether oxygens (including phenoxy) is 1. The molecule has 41 heavy (non-hydrogen) atoms. The highest BCUT2D eigenvalue weighted by molar-refractivity contribution is 7.90. The van der Waals surface area contributed by atoms with E-state index in [-0.39, 0.29) is 17.1 Å². The summed E-state index contributed by atoms with van der Waals surface area (Å²) in [5.74, 6) is 6.22. The van der Waals surface area contributed by atoms with E-state index in [1.807, 2.05) is 18.2 Å². The molecule has 0 saturated heterocycles. The number of halogens is 3. The molecule has 1 aliphatic rings. The Kier molecular flexibility index (Phi) is 7.77. The highest BCUT2D eigenvalue weighted by Gasteiger charge is 2.31. The summed E-state index contributed by atoms with van der Waals surface area (Å²) in [6.07, 6.45) is -3.42. The number of methoxy groups -OCH3 is 1. The second-order valence-electron chi connectivity index (χ2n) is 10.1. The van der Waals surface area contributed by atoms with Crippen LogP contribution in [0.4, 0.5) is 18.9 Å². The molecule has 4 aromatic rings. The molecule has 0 radical (unpaired) electrons. The first-order valence-electron chi connectivity index (χ1n) is 13.1. The Morgan fingerprint density at radius 3 is 2.54 bits per heavy atom. The van der Waals surface area contributed by atoms with Gasteiger partial charge in [-0.15, -0.1) is 0 Å². The van der Waals surface area contributed by atoms with Crippen molar-refractivity contribution < 1.29 is 26.3 Å². The Bertz CT molecular complexity index is 1800. The number of alkyl halides is 3. The number of hydrogen-bond acceptors (Lipinski definition) is 5. The lowest BCUT2D eigenvalue weighted by Gasteiger charge is -2.18. The fourth-order valence-electron chi connectivity index (χ4n) is 5.19. The molecule has 0 amide bonds. The van der Waals surface area contributed by atoms with Crippen LogP contribution in [-0.2, 0) is 36.3 Å². The summed E-state index contributed by atoms with van der Waals surface area (Å²) in [6, 6.07) is 16.5. The van der Waals surface area contributed by atoms with Gasteiger partial charge in [0.25, 0.3) is 0 Å². The zero-order valence-electron chi connectivity index (χ0n) is 22.9. The molecular formula is C31H30F3N3O3S. The zero-order valence-corrected chi connectivity index (χ0v) is 23.8. The molecule has 0 fully saturated rings. The van der Waals surface area contributed by atoms with Gasteiger partial charge in [-0.2, -0.15) is 13.2 Å². The molecule has 10 heteroatoms. The van der Waals surface area contributed by atoms with Crippen molar-refractivity contribution in [2.24, 2.45) is 7.05 Å². The number of rotatable bonds is 6. The van der Waals surface area contributed by atoms with Crippen LogP contribution in [0.25, 0.3) is 22.0 Å². The zero-order chi connectivity index (χ0) is 29.4. The standard InChI is InChI=1S/C31H30F3N3O3S/c1-37-28-16-22(21-7-6-20-12-14-35-19-23(20)15-21)8-10-26(28)25(29(37)18-31(32,33)34)5-4-13-36-27-11-9-24(41(3,38)39)17-30(27)40-2/h6-11,15-17,35-36H,12-14,18-19H2,1-3H3. The summed E-state index contributed by atoms with van der Waals surface area (Å²) in [4.78, 5) is 0.116. The number of sulfone groups is 1. The Hall–Kier alpha value is -3.94. The van der Waals surface area contributed by atoms with Crippen LogP contribution >= 0.6 is 0 Å². The Labute approximate surface area is 237 Å². The molecule has 1 aromatic heterocycles. The fraction of sp³-hybridized carbons (Fsp3) is 0.290. The lowest BCUT2D eigenvalue weighted by molar-refractivity contribution is -0.128. The van der Waals surface area contributed by atoms with E-state index in [2.05, 4.69) is 40.7 Å². The molecule has 1 aliphatic heterocycles. The van der Waals surface area contributed by atoms with Gasteiger partial charge in [0.2, 0.25) is 0 Å². The normalized spacial score (nSPS) is 13.4. The number of fused-ring (bicyclic) bond motifs is 2. The van der Waals surface area contributed by atoms with E-state index in [1.54, 1.807) is 17.7 Å². The van der Waals surface area contributed by atoms with E-state index < -0.39 is 22.4 Å². The molecule has 2 N–H and O–H groups in total. The predicted octanol–water partition coefficient (Wildman–Crippen LogP) is 5.47. The van der Waals surface area contributed by atoms with Crippen molar-refractivity contribution in [2.75, 3.05) is 31.8 Å². The summed E-state index contributed by atoms with van der Waals surface area (Å²) in [5.41, 5.74) is 6.12. The molecule has 0 spiro atoms. The van der Waals surface area contributed by atoms with Crippen molar-refractivity contribution in [1.29, 1.82) is 0 Å². The minimum Gasteiger partial charge on any atom is -0.495 e. The van der Waals surface area contributed by atoms with Gasteiger partial charge in [0.05, 0.1) is 36.2 Å². The van der Waals surface area contributed by atoms with Crippen molar-refractivity contribution in [3.8, 4) is 28.7 Å². The van der Waals surface area contributed by atoms with E-state index in [4.69, 9.17) is 4.74 Å². The summed E-state index contributed by atoms with van der Waals surface area (Å²) in [7, 11) is -0.345. The topological polar surface area (TPSA) is 72.4 Å². The predicted molar refractivity (Wildman–Crippen MR) is 155 cm³/mol. The maximum Gasteiger partial charge on any atom is 0.394 e. The monoisotopic (exact) mass is 581 g/mol. The quantitative estimate of drug-likeness (QED) is 0.296. The van der Waals surface area contributed by atoms with E-state index in [0.29, 0.717) is 27.9 Å². The summed E-state index contributed by atoms with van der Waals surface area (Å²) >= 11 is 0. The van der Waals surface area contributed by atoms with Crippen LogP contribution in [0.2, 0.25) is 0 Å². The first-order chi connectivity index (χ1) is 19.4. The number of aromatic nitrogens is 1. The van der Waals surface area contributed by atoms with Gasteiger partial charge in [0, 0.05) is 42.5 Å². The van der Waals surface area contributed by atoms with Crippen molar-refractivity contribution in [1.82, 2.24) is 9.88 Å². The highest BCUT2D eigenvalue weighted by Crippen LogP contribution is 2.34. The van der Waals surface area contributed by atoms with E-state index >= 15 is 0 Å². The molecule has 0 atom stereocenters. The van der Waals surface area contributed by atoms with Crippen LogP contribution in [-0.4, -0.2) is 45.6 Å². The van der Waals surface area contributed by atoms with Gasteiger partial charge < -0.3 is 19.9 Å². The lowest BCUT2D eigenvalue weighted by Crippen LogP contribution is -2.23. The number of anilines is 1. The average Bonchev–Trinajstić information content (AvgIpc) is 3.18. The maximum atomic E-state index is 13.6. The lowest BCUT2D eigenvalue weighted by atomic mass is 9.95. The molecule has 0 saturated carbocycles. The molecule has 214 valence electrons. The van der Waals surface area contributed by atoms with Gasteiger partial charge in [-0.25, -0.2) is 8.42 Å². The number of benzene rings is 3. The first kappa shape index (κ1) is 28.6. The van der Waals surface area contributed by atoms with E-state index in [0.717, 1.165) is 36.9 Å². The molecular weight excluding hydrogens is 551 g/mol. The number of hydrogen-bond donors (Lipinski definition) is 2. The summed E-state index contributed by atoms with van der Waals surface area (Å²) in [5, 5.41) is 7.09. The van der Waals surface area contributed by atoms with E-state index in [1.165, 1.54) is 30.4 Å². The third-order valence-electron chi connectivity index (χ3n) is 7.30. The van der Waals surface area contributed by atoms with Crippen LogP contribution in [0, 0.1) is 11.8 Å². The van der Waals surface area contributed by atoms with Crippen LogP contribution in [0.15, 0.2) is 59.5 Å². The van der Waals surface area contributed by atoms with Gasteiger partial charge in [-0.1, -0.05) is 36.1 Å². The minimum atomic E-state index is -4.40. The molecule has 6 nitrogen and oxygen atoms in total. The Morgan fingerprint density at radius 1 is 1.05 bits per heavy atom. The first-order valence-corrected chi connectivity index (χ1v) is 15.0. The SMILES string of the molecule is COc1cc(S(C)(=O)=O)ccc1NCC#Cc1c(CC(F)(F)F)n(C)c2cc(-c3ccc4c(c3)CNCC4)ccc12. The van der Waals surface area contributed by atoms with Crippen LogP contribution in [0.5, 0.6) is 5.75 Å². The molecule has 3 aromatic carbocycles. The summed E-state index contributed by atoms with van der Waals surface area (Å²) < 4.78 is 71.4. The van der Waals surface area contributed by atoms with Gasteiger partial charge in [0.15, 0.2) is 9.84 Å². The van der Waals surface area contributed by atoms with Crippen molar-refractivity contribution >= 4 is 26.4 Å². The van der Waals surface area contributed by atoms with Crippen LogP contribution in [0.3, 0.4) is 0 Å². The molecule has 0 unspecified atom stereocenters. The Morgan fingerprint density at radius 2 is 1.80 bits per heavy atom. The second kappa shape index (κ2) is 11.1. The van der Waals surface area contributed by atoms with Gasteiger partial charge in [0.1, 0.15) is 5.75 Å². The molecule has 2 heterocycles. The molecule has 0 bridgehead atoms. The number of aryl methyl sites for hydroxylation is 1. The fourth-order valence-corrected chi connectivity index (χ4v) is 5.82. The summed E-state index contributed by atoms with van der Waals surface area (Å²) in [6.45, 7) is 1.86. The van der Waals surface area contributed by atoms with Gasteiger partial charge in [-0.05, 0) is 59.5 Å². The second-order valence-corrected chi connectivity index (χ2v) is 12.1. The number of nitrogens with zero attached hydrogens (tertiary/aromatic N) is 1.